The van der Waals surface area contributed by atoms with Gasteiger partial charge in [-0.25, -0.2) is 4.18 Å². The van der Waals surface area contributed by atoms with Crippen molar-refractivity contribution in [1.29, 1.82) is 0 Å². The van der Waals surface area contributed by atoms with Crippen molar-refractivity contribution in [3.05, 3.63) is 97.2 Å². The lowest BCUT2D eigenvalue weighted by atomic mass is 9.99. The molecule has 0 saturated carbocycles. The van der Waals surface area contributed by atoms with Gasteiger partial charge in [0.2, 0.25) is 0 Å². The lowest BCUT2D eigenvalue weighted by Crippen LogP contribution is -2.60. The molecule has 62 heavy (non-hydrogen) atoms. The Morgan fingerprint density at radius 2 is 1.06 bits per heavy atom. The van der Waals surface area contributed by atoms with Crippen molar-refractivity contribution in [2.24, 2.45) is 0 Å². The van der Waals surface area contributed by atoms with E-state index in [1.807, 2.05) is 0 Å². The van der Waals surface area contributed by atoms with Crippen LogP contribution in [0.2, 0.25) is 0 Å². The number of hydrogen-bond acceptors (Lipinski definition) is 11. The smallest absolute Gasteiger partial charge is 0.397 e. The molecule has 0 aromatic rings. The minimum Gasteiger partial charge on any atom is -0.457 e. The number of carbonyl (C=O) groups excluding carboxylic acids is 1. The van der Waals surface area contributed by atoms with Gasteiger partial charge in [0.25, 0.3) is 0 Å². The normalized spacial score (nSPS) is 20.9. The fourth-order valence-electron chi connectivity index (χ4n) is 6.30. The van der Waals surface area contributed by atoms with E-state index in [9.17, 15) is 28.5 Å². The van der Waals surface area contributed by atoms with Gasteiger partial charge in [0.1, 0.15) is 30.5 Å². The molecule has 4 N–H and O–H groups in total. The van der Waals surface area contributed by atoms with Crippen LogP contribution in [0.5, 0.6) is 0 Å². The molecule has 6 unspecified atom stereocenters. The van der Waals surface area contributed by atoms with Crippen LogP contribution in [0, 0.1) is 0 Å². The van der Waals surface area contributed by atoms with Crippen molar-refractivity contribution in [1.82, 2.24) is 0 Å². The van der Waals surface area contributed by atoms with E-state index in [2.05, 4.69) is 115 Å². The predicted octanol–water partition coefficient (Wildman–Crippen LogP) is 9.85. The quantitative estimate of drug-likeness (QED) is 0.0200. The Morgan fingerprint density at radius 3 is 1.55 bits per heavy atom. The van der Waals surface area contributed by atoms with Gasteiger partial charge in [0, 0.05) is 13.0 Å². The average molecular weight is 893 g/mol. The van der Waals surface area contributed by atoms with Gasteiger partial charge < -0.3 is 34.3 Å². The zero-order valence-electron chi connectivity index (χ0n) is 37.6. The van der Waals surface area contributed by atoms with Crippen molar-refractivity contribution >= 4 is 16.4 Å². The van der Waals surface area contributed by atoms with Gasteiger partial charge >= 0.3 is 16.4 Å². The molecule has 1 saturated heterocycles. The molecule has 1 rings (SSSR count). The molecule has 1 aliphatic rings. The highest BCUT2D eigenvalue weighted by molar-refractivity contribution is 7.80. The topological polar surface area (TPSA) is 178 Å². The average Bonchev–Trinajstić information content (AvgIpc) is 3.24. The molecule has 6 atom stereocenters. The molecule has 0 aromatic heterocycles. The van der Waals surface area contributed by atoms with E-state index in [1.54, 1.807) is 0 Å². The van der Waals surface area contributed by atoms with Crippen molar-refractivity contribution in [2.45, 2.75) is 179 Å². The minimum absolute atomic E-state index is 0.00688. The summed E-state index contributed by atoms with van der Waals surface area (Å²) in [5, 5.41) is 30.7. The van der Waals surface area contributed by atoms with Crippen LogP contribution >= 0.6 is 0 Å². The van der Waals surface area contributed by atoms with E-state index < -0.39 is 59.8 Å². The van der Waals surface area contributed by atoms with Crippen LogP contribution in [0.3, 0.4) is 0 Å². The van der Waals surface area contributed by atoms with Gasteiger partial charge in [0.05, 0.1) is 19.8 Å². The van der Waals surface area contributed by atoms with Crippen molar-refractivity contribution in [3.63, 3.8) is 0 Å². The first-order valence-corrected chi connectivity index (χ1v) is 24.4. The van der Waals surface area contributed by atoms with E-state index >= 15 is 0 Å². The number of carbonyl (C=O) groups is 1. The lowest BCUT2D eigenvalue weighted by molar-refractivity contribution is -0.301. The van der Waals surface area contributed by atoms with Crippen molar-refractivity contribution < 1.29 is 56.2 Å². The molecule has 0 radical (unpaired) electrons. The second-order valence-corrected chi connectivity index (χ2v) is 16.3. The fourth-order valence-corrected chi connectivity index (χ4v) is 6.81. The Labute approximate surface area is 374 Å². The van der Waals surface area contributed by atoms with Crippen molar-refractivity contribution in [3.8, 4) is 0 Å². The summed E-state index contributed by atoms with van der Waals surface area (Å²) in [5.74, 6) is -0.439. The first kappa shape index (κ1) is 57.0. The number of aliphatic hydroxyl groups is 3. The van der Waals surface area contributed by atoms with Crippen molar-refractivity contribution in [2.75, 3.05) is 26.4 Å². The summed E-state index contributed by atoms with van der Waals surface area (Å²) in [6, 6.07) is 0. The maximum absolute atomic E-state index is 12.8. The zero-order chi connectivity index (χ0) is 45.4. The number of allylic oxidation sites excluding steroid dienone is 16. The fraction of sp³-hybridized carbons (Fsp3) is 0.653. The first-order valence-electron chi connectivity index (χ1n) is 23.0. The Bertz CT molecular complexity index is 1450. The molecular weight excluding hydrogens is 813 g/mol. The van der Waals surface area contributed by atoms with Crippen LogP contribution in [0.1, 0.15) is 142 Å². The lowest BCUT2D eigenvalue weighted by Gasteiger charge is -2.41. The summed E-state index contributed by atoms with van der Waals surface area (Å²) in [4.78, 5) is 12.8. The number of aliphatic hydroxyl groups excluding tert-OH is 3. The van der Waals surface area contributed by atoms with E-state index in [-0.39, 0.29) is 19.6 Å². The summed E-state index contributed by atoms with van der Waals surface area (Å²) in [6.07, 6.45) is 44.5. The zero-order valence-corrected chi connectivity index (χ0v) is 38.5. The number of hydrogen-bond donors (Lipinski definition) is 4. The monoisotopic (exact) mass is 893 g/mol. The van der Waals surface area contributed by atoms with Gasteiger partial charge in [-0.2, -0.15) is 8.42 Å². The second kappa shape index (κ2) is 39.6. The Balaban J connectivity index is 2.43. The van der Waals surface area contributed by atoms with Gasteiger partial charge in [-0.15, -0.1) is 0 Å². The molecular formula is C49H80O12S. The number of unbranched alkanes of at least 4 members (excludes halogenated alkanes) is 9. The molecule has 1 fully saturated rings. The van der Waals surface area contributed by atoms with Gasteiger partial charge in [0.15, 0.2) is 6.29 Å². The summed E-state index contributed by atoms with van der Waals surface area (Å²) >= 11 is 0. The number of esters is 1. The molecule has 0 spiro atoms. The maximum Gasteiger partial charge on any atom is 0.397 e. The number of ether oxygens (including phenoxy) is 4. The molecule has 0 aromatic carbocycles. The van der Waals surface area contributed by atoms with Crippen LogP contribution in [-0.2, 0) is 38.3 Å². The van der Waals surface area contributed by atoms with Gasteiger partial charge in [-0.3, -0.25) is 9.35 Å². The van der Waals surface area contributed by atoms with Gasteiger partial charge in [-0.05, 0) is 89.9 Å². The minimum atomic E-state index is -5.07. The Morgan fingerprint density at radius 1 is 0.613 bits per heavy atom. The van der Waals surface area contributed by atoms with Gasteiger partial charge in [-0.1, -0.05) is 143 Å². The standard InChI is InChI=1S/C49H80O12S/c1-3-5-7-9-11-13-15-17-18-19-20-21-22-23-24-25-27-29-31-33-35-37-39-57-41-43(42-58-49-47(53)48(61-62(54,55)56)46(52)44(40-50)60-49)59-45(51)38-36-34-32-30-28-26-16-14-12-10-8-6-4-2/h5-8,11-14,17-18,20-21,23-24,26,28,43-44,46-50,52-53H,3-4,9-10,15-16,19,22,25,27,29-42H2,1-2H3,(H,54,55,56)/b7-5-,8-6-,13-11-,14-12-,18-17-,21-20-,24-23-,28-26-. The van der Waals surface area contributed by atoms with E-state index in [0.717, 1.165) is 116 Å². The summed E-state index contributed by atoms with van der Waals surface area (Å²) in [5.41, 5.74) is 0. The second-order valence-electron chi connectivity index (χ2n) is 15.2. The van der Waals surface area contributed by atoms with E-state index in [1.165, 1.54) is 0 Å². The third-order valence-corrected chi connectivity index (χ3v) is 10.2. The highest BCUT2D eigenvalue weighted by atomic mass is 32.3. The van der Waals surface area contributed by atoms with Crippen LogP contribution in [-0.4, -0.2) is 97.5 Å². The van der Waals surface area contributed by atoms with E-state index in [0.29, 0.717) is 13.0 Å². The summed E-state index contributed by atoms with van der Waals surface area (Å²) in [6.45, 7) is 3.65. The maximum atomic E-state index is 12.8. The third-order valence-electron chi connectivity index (χ3n) is 9.70. The molecule has 354 valence electrons. The Kier molecular flexibility index (Phi) is 36.4. The SMILES string of the molecule is CC/C=C\C/C=C\C/C=C\C/C=C\C/C=C\CCCCCCCCOCC(COC1OC(CO)C(O)C(OS(=O)(=O)O)C1O)OC(=O)CCCCC/C=C\C/C=C\C/C=C\CC. The largest absolute Gasteiger partial charge is 0.457 e. The highest BCUT2D eigenvalue weighted by Gasteiger charge is 2.48. The van der Waals surface area contributed by atoms with Crippen LogP contribution in [0.25, 0.3) is 0 Å². The molecule has 1 heterocycles. The summed E-state index contributed by atoms with van der Waals surface area (Å²) < 4.78 is 59.0. The molecule has 12 nitrogen and oxygen atoms in total. The Hall–Kier alpha value is -2.98. The molecule has 0 aliphatic carbocycles. The third kappa shape index (κ3) is 32.7. The number of rotatable bonds is 38. The molecule has 13 heteroatoms. The molecule has 1 aliphatic heterocycles. The molecule has 0 bridgehead atoms. The summed E-state index contributed by atoms with van der Waals surface area (Å²) in [7, 11) is -5.07. The highest BCUT2D eigenvalue weighted by Crippen LogP contribution is 2.26. The van der Waals surface area contributed by atoms with E-state index in [4.69, 9.17) is 23.5 Å². The molecule has 0 amide bonds. The first-order chi connectivity index (χ1) is 30.1. The van der Waals surface area contributed by atoms with Crippen LogP contribution in [0.4, 0.5) is 0 Å². The van der Waals surface area contributed by atoms with Crippen LogP contribution in [0.15, 0.2) is 97.2 Å². The van der Waals surface area contributed by atoms with Crippen LogP contribution < -0.4 is 0 Å². The predicted molar refractivity (Wildman–Crippen MR) is 248 cm³/mol.